The van der Waals surface area contributed by atoms with E-state index in [2.05, 4.69) is 19.1 Å². The van der Waals surface area contributed by atoms with Crippen LogP contribution in [0.2, 0.25) is 0 Å². The van der Waals surface area contributed by atoms with Gasteiger partial charge in [0.25, 0.3) is 0 Å². The number of aliphatic hydroxyl groups excluding tert-OH is 1. The lowest BCUT2D eigenvalue weighted by molar-refractivity contribution is 0.0604. The number of hydrogen-bond acceptors (Lipinski definition) is 2. The van der Waals surface area contributed by atoms with Crippen LogP contribution in [0.5, 0.6) is 5.75 Å². The van der Waals surface area contributed by atoms with Crippen molar-refractivity contribution in [2.75, 3.05) is 0 Å². The first kappa shape index (κ1) is 12.1. The predicted octanol–water partition coefficient (Wildman–Crippen LogP) is 2.79. The predicted molar refractivity (Wildman–Crippen MR) is 62.2 cm³/mol. The Morgan fingerprint density at radius 2 is 1.80 bits per heavy atom. The number of aryl methyl sites for hydroxylation is 1. The molecule has 0 fully saturated rings. The van der Waals surface area contributed by atoms with Gasteiger partial charge < -0.3 is 9.84 Å². The summed E-state index contributed by atoms with van der Waals surface area (Å²) < 4.78 is 5.56. The topological polar surface area (TPSA) is 29.5 Å². The third kappa shape index (κ3) is 3.92. The highest BCUT2D eigenvalue weighted by Gasteiger charge is 2.09. The average Bonchev–Trinajstić information content (AvgIpc) is 2.21. The molecule has 0 aliphatic carbocycles. The van der Waals surface area contributed by atoms with Crippen LogP contribution < -0.4 is 4.74 Å². The summed E-state index contributed by atoms with van der Waals surface area (Å²) in [6.45, 7) is 5.76. The Hall–Kier alpha value is -1.02. The molecule has 0 aliphatic rings. The number of hydrogen-bond donors (Lipinski definition) is 1. The first-order chi connectivity index (χ1) is 7.13. The molecule has 0 amide bonds. The maximum Gasteiger partial charge on any atom is 0.121 e. The van der Waals surface area contributed by atoms with Crippen molar-refractivity contribution in [1.82, 2.24) is 0 Å². The highest BCUT2D eigenvalue weighted by molar-refractivity contribution is 5.27. The summed E-state index contributed by atoms with van der Waals surface area (Å²) in [6, 6.07) is 8.08. The lowest BCUT2D eigenvalue weighted by Crippen LogP contribution is -2.25. The van der Waals surface area contributed by atoms with E-state index in [9.17, 15) is 5.11 Å². The highest BCUT2D eigenvalue weighted by Crippen LogP contribution is 2.15. The highest BCUT2D eigenvalue weighted by atomic mass is 16.5. The van der Waals surface area contributed by atoms with E-state index in [1.54, 1.807) is 6.92 Å². The average molecular weight is 208 g/mol. The van der Waals surface area contributed by atoms with E-state index in [1.807, 2.05) is 19.1 Å². The van der Waals surface area contributed by atoms with E-state index < -0.39 is 6.10 Å². The monoisotopic (exact) mass is 208 g/mol. The van der Waals surface area contributed by atoms with Crippen LogP contribution in [0.25, 0.3) is 0 Å². The molecule has 0 spiro atoms. The molecule has 1 aromatic rings. The van der Waals surface area contributed by atoms with Crippen LogP contribution in [0, 0.1) is 0 Å². The summed E-state index contributed by atoms with van der Waals surface area (Å²) in [5.41, 5.74) is 1.33. The van der Waals surface area contributed by atoms with Gasteiger partial charge in [0.05, 0.1) is 6.10 Å². The third-order valence-corrected chi connectivity index (χ3v) is 2.46. The zero-order valence-corrected chi connectivity index (χ0v) is 9.73. The Kier molecular flexibility index (Phi) is 4.63. The quantitative estimate of drug-likeness (QED) is 0.806. The van der Waals surface area contributed by atoms with Crippen molar-refractivity contribution in [3.05, 3.63) is 29.8 Å². The van der Waals surface area contributed by atoms with Gasteiger partial charge in [-0.1, -0.05) is 25.5 Å². The number of rotatable bonds is 5. The molecule has 0 radical (unpaired) electrons. The molecule has 84 valence electrons. The van der Waals surface area contributed by atoms with Crippen molar-refractivity contribution >= 4 is 0 Å². The van der Waals surface area contributed by atoms with Crippen molar-refractivity contribution in [1.29, 1.82) is 0 Å². The maximum atomic E-state index is 9.30. The number of ether oxygens (including phenoxy) is 1. The second-order valence-electron chi connectivity index (χ2n) is 3.96. The Morgan fingerprint density at radius 1 is 1.20 bits per heavy atom. The van der Waals surface area contributed by atoms with Crippen molar-refractivity contribution in [3.63, 3.8) is 0 Å². The molecule has 0 aromatic heterocycles. The molecule has 0 saturated heterocycles. The SMILES string of the molecule is CCCc1ccc(OC(C)C(C)O)cc1. The van der Waals surface area contributed by atoms with Crippen LogP contribution >= 0.6 is 0 Å². The summed E-state index contributed by atoms with van der Waals surface area (Å²) in [5, 5.41) is 9.30. The molecule has 1 rings (SSSR count). The molecular formula is C13H20O2. The smallest absolute Gasteiger partial charge is 0.121 e. The Balaban J connectivity index is 2.56. The first-order valence-electron chi connectivity index (χ1n) is 5.57. The van der Waals surface area contributed by atoms with E-state index in [0.29, 0.717) is 0 Å². The van der Waals surface area contributed by atoms with Gasteiger partial charge in [-0.05, 0) is 38.0 Å². The molecule has 1 aromatic carbocycles. The Morgan fingerprint density at radius 3 is 2.27 bits per heavy atom. The molecule has 15 heavy (non-hydrogen) atoms. The van der Waals surface area contributed by atoms with Crippen LogP contribution in [0.15, 0.2) is 24.3 Å². The van der Waals surface area contributed by atoms with Gasteiger partial charge in [-0.15, -0.1) is 0 Å². The molecule has 0 heterocycles. The molecular weight excluding hydrogens is 188 g/mol. The Bertz CT molecular complexity index is 277. The van der Waals surface area contributed by atoms with Gasteiger partial charge in [-0.2, -0.15) is 0 Å². The number of benzene rings is 1. The van der Waals surface area contributed by atoms with E-state index in [-0.39, 0.29) is 6.10 Å². The van der Waals surface area contributed by atoms with Gasteiger partial charge in [0.2, 0.25) is 0 Å². The minimum absolute atomic E-state index is 0.165. The first-order valence-corrected chi connectivity index (χ1v) is 5.57. The van der Waals surface area contributed by atoms with Crippen LogP contribution in [0.1, 0.15) is 32.8 Å². The van der Waals surface area contributed by atoms with Gasteiger partial charge in [0, 0.05) is 0 Å². The second-order valence-corrected chi connectivity index (χ2v) is 3.96. The number of aliphatic hydroxyl groups is 1. The molecule has 2 heteroatoms. The van der Waals surface area contributed by atoms with Crippen LogP contribution in [-0.2, 0) is 6.42 Å². The fraction of sp³-hybridized carbons (Fsp3) is 0.538. The maximum absolute atomic E-state index is 9.30. The lowest BCUT2D eigenvalue weighted by atomic mass is 10.1. The van der Waals surface area contributed by atoms with Gasteiger partial charge in [0.15, 0.2) is 0 Å². The van der Waals surface area contributed by atoms with Crippen LogP contribution in [-0.4, -0.2) is 17.3 Å². The van der Waals surface area contributed by atoms with Crippen molar-refractivity contribution in [2.45, 2.75) is 45.8 Å². The zero-order valence-electron chi connectivity index (χ0n) is 9.73. The summed E-state index contributed by atoms with van der Waals surface area (Å²) in [6.07, 6.45) is 1.65. The lowest BCUT2D eigenvalue weighted by Gasteiger charge is -2.17. The second kappa shape index (κ2) is 5.76. The van der Waals surface area contributed by atoms with Crippen LogP contribution in [0.4, 0.5) is 0 Å². The minimum Gasteiger partial charge on any atom is -0.488 e. The zero-order chi connectivity index (χ0) is 11.3. The molecule has 2 nitrogen and oxygen atoms in total. The van der Waals surface area contributed by atoms with E-state index in [4.69, 9.17) is 4.74 Å². The Labute approximate surface area is 91.9 Å². The van der Waals surface area contributed by atoms with Crippen molar-refractivity contribution < 1.29 is 9.84 Å². The summed E-state index contributed by atoms with van der Waals surface area (Å²) in [4.78, 5) is 0. The standard InChI is InChI=1S/C13H20O2/c1-4-5-12-6-8-13(9-7-12)15-11(3)10(2)14/h6-11,14H,4-5H2,1-3H3. The van der Waals surface area contributed by atoms with Crippen LogP contribution in [0.3, 0.4) is 0 Å². The summed E-state index contributed by atoms with van der Waals surface area (Å²) in [5.74, 6) is 0.822. The fourth-order valence-corrected chi connectivity index (χ4v) is 1.34. The third-order valence-electron chi connectivity index (χ3n) is 2.46. The molecule has 0 bridgehead atoms. The van der Waals surface area contributed by atoms with Gasteiger partial charge in [0.1, 0.15) is 11.9 Å². The largest absolute Gasteiger partial charge is 0.488 e. The summed E-state index contributed by atoms with van der Waals surface area (Å²) >= 11 is 0. The molecule has 0 aliphatic heterocycles. The van der Waals surface area contributed by atoms with Crippen molar-refractivity contribution in [2.24, 2.45) is 0 Å². The van der Waals surface area contributed by atoms with Gasteiger partial charge in [-0.3, -0.25) is 0 Å². The molecule has 1 N–H and O–H groups in total. The minimum atomic E-state index is -0.444. The molecule has 2 atom stereocenters. The normalized spacial score (nSPS) is 14.7. The fourth-order valence-electron chi connectivity index (χ4n) is 1.34. The van der Waals surface area contributed by atoms with E-state index in [0.717, 1.165) is 18.6 Å². The van der Waals surface area contributed by atoms with Gasteiger partial charge >= 0.3 is 0 Å². The molecule has 0 saturated carbocycles. The summed E-state index contributed by atoms with van der Waals surface area (Å²) in [7, 11) is 0. The van der Waals surface area contributed by atoms with Crippen molar-refractivity contribution in [3.8, 4) is 5.75 Å². The molecule has 2 unspecified atom stereocenters. The van der Waals surface area contributed by atoms with Gasteiger partial charge in [-0.25, -0.2) is 0 Å². The van der Waals surface area contributed by atoms with E-state index >= 15 is 0 Å². The van der Waals surface area contributed by atoms with E-state index in [1.165, 1.54) is 5.56 Å².